The number of aromatic nitrogens is 2. The zero-order chi connectivity index (χ0) is 11.0. The Bertz CT molecular complexity index is 532. The minimum absolute atomic E-state index is 1.08. The Morgan fingerprint density at radius 1 is 1.06 bits per heavy atom. The lowest BCUT2D eigenvalue weighted by molar-refractivity contribution is 0.831. The second kappa shape index (κ2) is 3.71. The minimum atomic E-state index is 1.08. The molecular formula is C14H14N2. The van der Waals surface area contributed by atoms with Gasteiger partial charge in [0.25, 0.3) is 0 Å². The molecule has 80 valence electrons. The van der Waals surface area contributed by atoms with Gasteiger partial charge in [-0.15, -0.1) is 0 Å². The molecule has 0 fully saturated rings. The van der Waals surface area contributed by atoms with Crippen molar-refractivity contribution in [1.29, 1.82) is 0 Å². The van der Waals surface area contributed by atoms with Crippen LogP contribution in [0.5, 0.6) is 0 Å². The van der Waals surface area contributed by atoms with Crippen molar-refractivity contribution in [2.45, 2.75) is 26.2 Å². The molecule has 0 unspecified atom stereocenters. The van der Waals surface area contributed by atoms with Gasteiger partial charge < -0.3 is 0 Å². The fraction of sp³-hybridized carbons (Fsp3) is 0.286. The Balaban J connectivity index is 2.25. The summed E-state index contributed by atoms with van der Waals surface area (Å²) in [5.41, 5.74) is 6.07. The van der Waals surface area contributed by atoms with Crippen LogP contribution in [-0.4, -0.2) is 9.97 Å². The molecular weight excluding hydrogens is 196 g/mol. The van der Waals surface area contributed by atoms with Crippen LogP contribution in [0.2, 0.25) is 0 Å². The summed E-state index contributed by atoms with van der Waals surface area (Å²) < 4.78 is 0. The van der Waals surface area contributed by atoms with Crippen LogP contribution in [0.4, 0.5) is 0 Å². The molecule has 0 bridgehead atoms. The summed E-state index contributed by atoms with van der Waals surface area (Å²) in [6.45, 7) is 2.09. The minimum Gasteiger partial charge on any atom is -0.254 e. The predicted octanol–water partition coefficient (Wildman–Crippen LogP) is 2.94. The highest BCUT2D eigenvalue weighted by Gasteiger charge is 2.16. The number of aryl methyl sites for hydroxylation is 3. The van der Waals surface area contributed by atoms with Crippen LogP contribution in [0, 0.1) is 6.92 Å². The number of hydrogen-bond donors (Lipinski definition) is 0. The molecule has 2 aromatic heterocycles. The third-order valence-electron chi connectivity index (χ3n) is 3.11. The van der Waals surface area contributed by atoms with E-state index in [0.717, 1.165) is 24.2 Å². The standard InChI is InChI=1S/C14H14N2/c1-10-8-12-5-2-4-11-6-3-7-15-13(11)14(12)16-9-10/h3,6-9H,2,4-5H2,1H3. The summed E-state index contributed by atoms with van der Waals surface area (Å²) in [5.74, 6) is 0. The van der Waals surface area contributed by atoms with E-state index in [2.05, 4.69) is 29.0 Å². The highest BCUT2D eigenvalue weighted by atomic mass is 14.8. The average molecular weight is 210 g/mol. The predicted molar refractivity (Wildman–Crippen MR) is 64.2 cm³/mol. The molecule has 0 saturated carbocycles. The van der Waals surface area contributed by atoms with E-state index in [1.807, 2.05) is 18.5 Å². The Morgan fingerprint density at radius 2 is 1.88 bits per heavy atom. The smallest absolute Gasteiger partial charge is 0.0921 e. The van der Waals surface area contributed by atoms with E-state index in [0.29, 0.717) is 0 Å². The molecule has 0 spiro atoms. The van der Waals surface area contributed by atoms with Gasteiger partial charge in [-0.05, 0) is 48.9 Å². The molecule has 0 saturated heterocycles. The van der Waals surface area contributed by atoms with Crippen molar-refractivity contribution in [3.63, 3.8) is 0 Å². The molecule has 1 aliphatic carbocycles. The summed E-state index contributed by atoms with van der Waals surface area (Å²) in [4.78, 5) is 9.05. The summed E-state index contributed by atoms with van der Waals surface area (Å²) >= 11 is 0. The Kier molecular flexibility index (Phi) is 2.21. The second-order valence-corrected chi connectivity index (χ2v) is 4.39. The second-order valence-electron chi connectivity index (χ2n) is 4.39. The van der Waals surface area contributed by atoms with Gasteiger partial charge in [0.05, 0.1) is 11.4 Å². The molecule has 0 amide bonds. The molecule has 0 aliphatic heterocycles. The van der Waals surface area contributed by atoms with Crippen molar-refractivity contribution < 1.29 is 0 Å². The van der Waals surface area contributed by atoms with E-state index in [1.165, 1.54) is 23.1 Å². The van der Waals surface area contributed by atoms with E-state index >= 15 is 0 Å². The third-order valence-corrected chi connectivity index (χ3v) is 3.11. The quantitative estimate of drug-likeness (QED) is 0.668. The van der Waals surface area contributed by atoms with Gasteiger partial charge in [-0.2, -0.15) is 0 Å². The lowest BCUT2D eigenvalue weighted by atomic mass is 10.1. The lowest BCUT2D eigenvalue weighted by Crippen LogP contribution is -1.95. The van der Waals surface area contributed by atoms with Gasteiger partial charge in [0.1, 0.15) is 0 Å². The van der Waals surface area contributed by atoms with E-state index in [1.54, 1.807) is 0 Å². The molecule has 16 heavy (non-hydrogen) atoms. The largest absolute Gasteiger partial charge is 0.254 e. The Labute approximate surface area is 95.4 Å². The van der Waals surface area contributed by atoms with Crippen LogP contribution in [-0.2, 0) is 12.8 Å². The van der Waals surface area contributed by atoms with Crippen molar-refractivity contribution in [1.82, 2.24) is 9.97 Å². The number of hydrogen-bond acceptors (Lipinski definition) is 2. The zero-order valence-corrected chi connectivity index (χ0v) is 9.40. The highest BCUT2D eigenvalue weighted by Crippen LogP contribution is 2.29. The summed E-state index contributed by atoms with van der Waals surface area (Å²) in [5, 5.41) is 0. The van der Waals surface area contributed by atoms with Crippen LogP contribution >= 0.6 is 0 Å². The molecule has 2 heteroatoms. The van der Waals surface area contributed by atoms with Crippen molar-refractivity contribution in [3.8, 4) is 11.4 Å². The number of fused-ring (bicyclic) bond motifs is 3. The Morgan fingerprint density at radius 3 is 2.81 bits per heavy atom. The fourth-order valence-electron chi connectivity index (χ4n) is 2.36. The van der Waals surface area contributed by atoms with Crippen LogP contribution in [0.1, 0.15) is 23.1 Å². The van der Waals surface area contributed by atoms with Crippen molar-refractivity contribution >= 4 is 0 Å². The summed E-state index contributed by atoms with van der Waals surface area (Å²) in [6, 6.07) is 6.42. The topological polar surface area (TPSA) is 25.8 Å². The molecule has 1 aliphatic rings. The first-order valence-corrected chi connectivity index (χ1v) is 5.74. The normalized spacial score (nSPS) is 13.8. The lowest BCUT2D eigenvalue weighted by Gasteiger charge is -2.07. The van der Waals surface area contributed by atoms with Crippen molar-refractivity contribution in [2.75, 3.05) is 0 Å². The van der Waals surface area contributed by atoms with E-state index in [4.69, 9.17) is 0 Å². The molecule has 2 nitrogen and oxygen atoms in total. The Hall–Kier alpha value is -1.70. The monoisotopic (exact) mass is 210 g/mol. The molecule has 0 atom stereocenters. The number of rotatable bonds is 0. The van der Waals surface area contributed by atoms with E-state index in [9.17, 15) is 0 Å². The number of nitrogens with zero attached hydrogens (tertiary/aromatic N) is 2. The van der Waals surface area contributed by atoms with Gasteiger partial charge in [0.15, 0.2) is 0 Å². The molecule has 2 heterocycles. The first kappa shape index (κ1) is 9.52. The van der Waals surface area contributed by atoms with Crippen LogP contribution in [0.25, 0.3) is 11.4 Å². The van der Waals surface area contributed by atoms with Gasteiger partial charge in [-0.3, -0.25) is 9.97 Å². The molecule has 0 N–H and O–H groups in total. The summed E-state index contributed by atoms with van der Waals surface area (Å²) in [7, 11) is 0. The van der Waals surface area contributed by atoms with Gasteiger partial charge in [-0.1, -0.05) is 12.1 Å². The fourth-order valence-corrected chi connectivity index (χ4v) is 2.36. The van der Waals surface area contributed by atoms with Gasteiger partial charge in [0.2, 0.25) is 0 Å². The first-order valence-electron chi connectivity index (χ1n) is 5.74. The summed E-state index contributed by atoms with van der Waals surface area (Å²) in [6.07, 6.45) is 7.20. The maximum Gasteiger partial charge on any atom is 0.0921 e. The van der Waals surface area contributed by atoms with Crippen LogP contribution < -0.4 is 0 Å². The molecule has 0 aromatic carbocycles. The maximum atomic E-state index is 4.56. The van der Waals surface area contributed by atoms with Gasteiger partial charge >= 0.3 is 0 Å². The molecule has 0 radical (unpaired) electrons. The van der Waals surface area contributed by atoms with E-state index in [-0.39, 0.29) is 0 Å². The van der Waals surface area contributed by atoms with Crippen molar-refractivity contribution in [3.05, 3.63) is 47.3 Å². The van der Waals surface area contributed by atoms with Crippen molar-refractivity contribution in [2.24, 2.45) is 0 Å². The molecule has 2 aromatic rings. The maximum absolute atomic E-state index is 4.56. The van der Waals surface area contributed by atoms with Crippen LogP contribution in [0.3, 0.4) is 0 Å². The van der Waals surface area contributed by atoms with Gasteiger partial charge in [-0.25, -0.2) is 0 Å². The third kappa shape index (κ3) is 1.51. The number of pyridine rings is 2. The van der Waals surface area contributed by atoms with E-state index < -0.39 is 0 Å². The van der Waals surface area contributed by atoms with Gasteiger partial charge in [0, 0.05) is 12.4 Å². The van der Waals surface area contributed by atoms with Crippen LogP contribution in [0.15, 0.2) is 30.6 Å². The molecule has 3 rings (SSSR count). The average Bonchev–Trinajstić information content (AvgIpc) is 2.47. The SMILES string of the molecule is Cc1cnc2c(c1)CCCc1cccnc1-2. The zero-order valence-electron chi connectivity index (χ0n) is 9.40. The highest BCUT2D eigenvalue weighted by molar-refractivity contribution is 5.64. The first-order chi connectivity index (χ1) is 7.84.